The van der Waals surface area contributed by atoms with Crippen LogP contribution in [0.1, 0.15) is 57.3 Å². The molecule has 0 aromatic heterocycles. The number of anilines is 1. The van der Waals surface area contributed by atoms with Crippen LogP contribution < -0.4 is 14.8 Å². The van der Waals surface area contributed by atoms with E-state index in [0.29, 0.717) is 0 Å². The van der Waals surface area contributed by atoms with E-state index in [1.165, 1.54) is 28.0 Å². The van der Waals surface area contributed by atoms with E-state index < -0.39 is 0 Å². The van der Waals surface area contributed by atoms with E-state index >= 15 is 0 Å². The molecule has 3 aliphatic heterocycles. The van der Waals surface area contributed by atoms with E-state index in [1.807, 2.05) is 12.1 Å². The van der Waals surface area contributed by atoms with Gasteiger partial charge in [-0.05, 0) is 69.4 Å². The van der Waals surface area contributed by atoms with Gasteiger partial charge in [0.2, 0.25) is 0 Å². The van der Waals surface area contributed by atoms with Crippen LogP contribution in [-0.2, 0) is 4.74 Å². The third-order valence-corrected chi connectivity index (χ3v) is 8.36. The molecule has 1 aliphatic carbocycles. The molecule has 1 unspecified atom stereocenters. The molecular weight excluding hydrogens is 448 g/mol. The molecule has 1 fully saturated rings. The molecule has 0 spiro atoms. The summed E-state index contributed by atoms with van der Waals surface area (Å²) in [5, 5.41) is 3.78. The average Bonchev–Trinajstić information content (AvgIpc) is 2.87. The van der Waals surface area contributed by atoms with Crippen molar-refractivity contribution in [2.24, 2.45) is 5.41 Å². The van der Waals surface area contributed by atoms with Crippen LogP contribution >= 0.6 is 0 Å². The summed E-state index contributed by atoms with van der Waals surface area (Å²) in [7, 11) is 1.75. The van der Waals surface area contributed by atoms with Gasteiger partial charge in [-0.15, -0.1) is 0 Å². The molecule has 0 amide bonds. The van der Waals surface area contributed by atoms with Crippen LogP contribution in [0.2, 0.25) is 0 Å². The number of allylic oxidation sites excluding steroid dienone is 3. The maximum atomic E-state index is 7.12. The smallest absolute Gasteiger partial charge is 0.132 e. The minimum absolute atomic E-state index is 0.0238. The highest BCUT2D eigenvalue weighted by Crippen LogP contribution is 2.58. The summed E-state index contributed by atoms with van der Waals surface area (Å²) in [5.41, 5.74) is 7.30. The number of methoxy groups -OCH3 is 1. The van der Waals surface area contributed by atoms with Gasteiger partial charge >= 0.3 is 0 Å². The summed E-state index contributed by atoms with van der Waals surface area (Å²) < 4.78 is 18.7. The lowest BCUT2D eigenvalue weighted by atomic mass is 9.66. The minimum Gasteiger partial charge on any atom is -0.496 e. The third-order valence-electron chi connectivity index (χ3n) is 8.36. The summed E-state index contributed by atoms with van der Waals surface area (Å²) in [6.07, 6.45) is 10.2. The highest BCUT2D eigenvalue weighted by molar-refractivity contribution is 5.91. The Kier molecular flexibility index (Phi) is 5.88. The van der Waals surface area contributed by atoms with Crippen LogP contribution in [-0.4, -0.2) is 50.4 Å². The van der Waals surface area contributed by atoms with Crippen molar-refractivity contribution in [3.8, 4) is 22.6 Å². The van der Waals surface area contributed by atoms with E-state index in [2.05, 4.69) is 67.4 Å². The lowest BCUT2D eigenvalue weighted by Crippen LogP contribution is -2.48. The summed E-state index contributed by atoms with van der Waals surface area (Å²) in [5.74, 6) is 1.79. The molecule has 2 aromatic carbocycles. The van der Waals surface area contributed by atoms with Gasteiger partial charge in [0.15, 0.2) is 0 Å². The molecule has 5 nitrogen and oxygen atoms in total. The molecule has 5 heteroatoms. The first kappa shape index (κ1) is 23.6. The van der Waals surface area contributed by atoms with Crippen molar-refractivity contribution < 1.29 is 14.2 Å². The first-order chi connectivity index (χ1) is 17.4. The van der Waals surface area contributed by atoms with Crippen molar-refractivity contribution in [1.82, 2.24) is 4.90 Å². The molecule has 1 saturated heterocycles. The van der Waals surface area contributed by atoms with Gasteiger partial charge in [-0.2, -0.15) is 0 Å². The van der Waals surface area contributed by atoms with Crippen molar-refractivity contribution in [3.05, 3.63) is 59.7 Å². The number of hydrogen-bond donors (Lipinski definition) is 1. The Morgan fingerprint density at radius 1 is 1.08 bits per heavy atom. The predicted octanol–water partition coefficient (Wildman–Crippen LogP) is 6.46. The van der Waals surface area contributed by atoms with Gasteiger partial charge in [-0.3, -0.25) is 4.90 Å². The van der Waals surface area contributed by atoms with Crippen LogP contribution in [0.25, 0.3) is 16.7 Å². The van der Waals surface area contributed by atoms with Gasteiger partial charge in [0, 0.05) is 41.9 Å². The zero-order valence-corrected chi connectivity index (χ0v) is 22.0. The lowest BCUT2D eigenvalue weighted by Gasteiger charge is -2.48. The van der Waals surface area contributed by atoms with Crippen molar-refractivity contribution in [2.75, 3.05) is 45.3 Å². The van der Waals surface area contributed by atoms with Crippen LogP contribution in [0.3, 0.4) is 0 Å². The molecular formula is C31H38N2O3. The Balaban J connectivity index is 1.57. The molecule has 0 bridgehead atoms. The number of hydrogen-bond acceptors (Lipinski definition) is 5. The zero-order valence-electron chi connectivity index (χ0n) is 22.0. The second kappa shape index (κ2) is 8.97. The predicted molar refractivity (Wildman–Crippen MR) is 146 cm³/mol. The number of ether oxygens (including phenoxy) is 3. The first-order valence-corrected chi connectivity index (χ1v) is 13.3. The Morgan fingerprint density at radius 2 is 1.92 bits per heavy atom. The van der Waals surface area contributed by atoms with Crippen LogP contribution in [0.4, 0.5) is 5.69 Å². The molecule has 4 aliphatic rings. The normalized spacial score (nSPS) is 26.6. The second-order valence-corrected chi connectivity index (χ2v) is 11.4. The van der Waals surface area contributed by atoms with E-state index in [-0.39, 0.29) is 17.1 Å². The van der Waals surface area contributed by atoms with Gasteiger partial charge in [-0.1, -0.05) is 30.4 Å². The largest absolute Gasteiger partial charge is 0.496 e. The summed E-state index contributed by atoms with van der Waals surface area (Å²) in [6.45, 7) is 11.3. The van der Waals surface area contributed by atoms with Gasteiger partial charge in [0.05, 0.1) is 31.4 Å². The number of nitrogens with zero attached hydrogens (tertiary/aromatic N) is 1. The monoisotopic (exact) mass is 486 g/mol. The van der Waals surface area contributed by atoms with Gasteiger partial charge in [0.1, 0.15) is 17.6 Å². The topological polar surface area (TPSA) is 43.0 Å². The molecule has 0 radical (unpaired) electrons. The Hall–Kier alpha value is -2.76. The Labute approximate surface area is 215 Å². The lowest BCUT2D eigenvalue weighted by molar-refractivity contribution is -0.0298. The van der Waals surface area contributed by atoms with E-state index in [4.69, 9.17) is 14.2 Å². The summed E-state index contributed by atoms with van der Waals surface area (Å²) in [6, 6.07) is 10.7. The number of morpholine rings is 1. The number of nitrogens with one attached hydrogen (secondary N) is 1. The first-order valence-electron chi connectivity index (χ1n) is 13.3. The standard InChI is InChI=1S/C31H38N2O3/c1-21-19-30(2,3)32-23-12-11-22-27-24(34-4)9-8-10-25(27)36-29(28(22)26(21)23)31(13-6-5-7-14-31)20-33-15-17-35-18-16-33/h5-6,8-12,19,29,32H,7,13-18,20H2,1-4H3/t29-,31?/m1/s1. The molecule has 6 rings (SSSR count). The zero-order chi connectivity index (χ0) is 24.9. The van der Waals surface area contributed by atoms with Crippen molar-refractivity contribution in [1.29, 1.82) is 0 Å². The fraction of sp³-hybridized carbons (Fsp3) is 0.484. The second-order valence-electron chi connectivity index (χ2n) is 11.4. The van der Waals surface area contributed by atoms with Crippen LogP contribution in [0.15, 0.2) is 48.6 Å². The fourth-order valence-corrected chi connectivity index (χ4v) is 6.88. The SMILES string of the molecule is COc1cccc2c1-c1ccc3c(c1[C@H](C1(CN4CCOCC4)CC=CCC1)O2)C(C)=CC(C)(C)N3. The van der Waals surface area contributed by atoms with E-state index in [9.17, 15) is 0 Å². The van der Waals surface area contributed by atoms with Gasteiger partial charge in [-0.25, -0.2) is 0 Å². The number of rotatable bonds is 4. The van der Waals surface area contributed by atoms with Crippen molar-refractivity contribution in [3.63, 3.8) is 0 Å². The van der Waals surface area contributed by atoms with Crippen LogP contribution in [0.5, 0.6) is 11.5 Å². The van der Waals surface area contributed by atoms with E-state index in [0.717, 1.165) is 69.2 Å². The van der Waals surface area contributed by atoms with Crippen molar-refractivity contribution in [2.45, 2.75) is 51.7 Å². The van der Waals surface area contributed by atoms with Crippen molar-refractivity contribution >= 4 is 11.3 Å². The molecule has 1 N–H and O–H groups in total. The quantitative estimate of drug-likeness (QED) is 0.502. The van der Waals surface area contributed by atoms with Gasteiger partial charge in [0.25, 0.3) is 0 Å². The average molecular weight is 487 g/mol. The highest BCUT2D eigenvalue weighted by Gasteiger charge is 2.48. The minimum atomic E-state index is -0.0923. The molecule has 36 heavy (non-hydrogen) atoms. The number of fused-ring (bicyclic) bond motifs is 5. The molecule has 2 atom stereocenters. The third kappa shape index (κ3) is 3.93. The van der Waals surface area contributed by atoms with Gasteiger partial charge < -0.3 is 19.5 Å². The Morgan fingerprint density at radius 3 is 2.67 bits per heavy atom. The Bertz CT molecular complexity index is 1220. The van der Waals surface area contributed by atoms with E-state index in [1.54, 1.807) is 7.11 Å². The maximum absolute atomic E-state index is 7.12. The van der Waals surface area contributed by atoms with Crippen LogP contribution in [0, 0.1) is 5.41 Å². The molecule has 3 heterocycles. The molecule has 0 saturated carbocycles. The maximum Gasteiger partial charge on any atom is 0.132 e. The molecule has 190 valence electrons. The molecule has 2 aromatic rings. The fourth-order valence-electron chi connectivity index (χ4n) is 6.88. The number of benzene rings is 2. The summed E-state index contributed by atoms with van der Waals surface area (Å²) in [4.78, 5) is 2.59. The highest BCUT2D eigenvalue weighted by atomic mass is 16.5. The summed E-state index contributed by atoms with van der Waals surface area (Å²) >= 11 is 0.